The molecule has 3 aromatic carbocycles. The molecule has 4 nitrogen and oxygen atoms in total. The molecular weight excluding hydrogens is 314 g/mol. The van der Waals surface area contributed by atoms with Crippen molar-refractivity contribution in [1.82, 2.24) is 0 Å². The summed E-state index contributed by atoms with van der Waals surface area (Å²) in [4.78, 5) is 24.4. The van der Waals surface area contributed by atoms with Crippen LogP contribution in [0.15, 0.2) is 66.7 Å². The average molecular weight is 333 g/mol. The van der Waals surface area contributed by atoms with E-state index in [0.717, 1.165) is 16.5 Å². The zero-order valence-electron chi connectivity index (χ0n) is 14.0. The molecule has 0 radical (unpaired) electrons. The van der Waals surface area contributed by atoms with Gasteiger partial charge in [-0.25, -0.2) is 0 Å². The molecule has 0 aliphatic heterocycles. The van der Waals surface area contributed by atoms with Crippen LogP contribution in [-0.2, 0) is 4.79 Å². The molecule has 25 heavy (non-hydrogen) atoms. The van der Waals surface area contributed by atoms with E-state index in [1.165, 1.54) is 0 Å². The van der Waals surface area contributed by atoms with Crippen LogP contribution >= 0.6 is 0 Å². The van der Waals surface area contributed by atoms with Crippen LogP contribution in [0.25, 0.3) is 10.8 Å². The number of amides is 1. The first kappa shape index (κ1) is 16.7. The van der Waals surface area contributed by atoms with Gasteiger partial charge in [-0.15, -0.1) is 0 Å². The lowest BCUT2D eigenvalue weighted by Crippen LogP contribution is -2.13. The molecule has 0 saturated carbocycles. The summed E-state index contributed by atoms with van der Waals surface area (Å²) in [7, 11) is 1.58. The molecule has 4 heteroatoms. The van der Waals surface area contributed by atoms with E-state index in [0.29, 0.717) is 11.3 Å². The van der Waals surface area contributed by atoms with Gasteiger partial charge in [0.2, 0.25) is 5.91 Å². The van der Waals surface area contributed by atoms with Gasteiger partial charge in [0.05, 0.1) is 7.11 Å². The number of rotatable bonds is 6. The summed E-state index contributed by atoms with van der Waals surface area (Å²) in [6, 6.07) is 20.5. The number of methoxy groups -OCH3 is 1. The van der Waals surface area contributed by atoms with E-state index in [2.05, 4.69) is 5.32 Å². The number of hydrogen-bond donors (Lipinski definition) is 1. The maximum Gasteiger partial charge on any atom is 0.224 e. The van der Waals surface area contributed by atoms with Gasteiger partial charge < -0.3 is 10.1 Å². The third-order valence-electron chi connectivity index (χ3n) is 4.05. The molecule has 126 valence electrons. The van der Waals surface area contributed by atoms with E-state index in [-0.39, 0.29) is 24.5 Å². The van der Waals surface area contributed by atoms with Crippen molar-refractivity contribution >= 4 is 28.2 Å². The van der Waals surface area contributed by atoms with Crippen LogP contribution < -0.4 is 10.1 Å². The van der Waals surface area contributed by atoms with Gasteiger partial charge in [-0.1, -0.05) is 36.4 Å². The minimum absolute atomic E-state index is 0.0595. The van der Waals surface area contributed by atoms with E-state index in [4.69, 9.17) is 4.74 Å². The number of carbonyl (C=O) groups is 2. The molecule has 0 saturated heterocycles. The Kier molecular flexibility index (Phi) is 5.09. The normalized spacial score (nSPS) is 10.4. The third-order valence-corrected chi connectivity index (χ3v) is 4.05. The van der Waals surface area contributed by atoms with Gasteiger partial charge in [0.15, 0.2) is 5.78 Å². The highest BCUT2D eigenvalue weighted by atomic mass is 16.5. The fourth-order valence-corrected chi connectivity index (χ4v) is 2.70. The molecule has 1 N–H and O–H groups in total. The maximum atomic E-state index is 12.2. The van der Waals surface area contributed by atoms with Crippen LogP contribution in [0.2, 0.25) is 0 Å². The van der Waals surface area contributed by atoms with Crippen molar-refractivity contribution in [2.75, 3.05) is 12.4 Å². The van der Waals surface area contributed by atoms with Crippen molar-refractivity contribution in [3.63, 3.8) is 0 Å². The largest absolute Gasteiger partial charge is 0.497 e. The Hall–Kier alpha value is -3.14. The molecule has 3 aromatic rings. The molecular formula is C21H19NO3. The zero-order valence-corrected chi connectivity index (χ0v) is 14.0. The summed E-state index contributed by atoms with van der Waals surface area (Å²) in [6.07, 6.45) is 0.316. The van der Waals surface area contributed by atoms with Crippen molar-refractivity contribution in [1.29, 1.82) is 0 Å². The number of carbonyl (C=O) groups excluding carboxylic acids is 2. The molecule has 0 aliphatic carbocycles. The summed E-state index contributed by atoms with van der Waals surface area (Å²) in [5, 5.41) is 4.95. The standard InChI is InChI=1S/C21H19NO3/c1-25-17-11-9-16(10-12-17)20(23)13-14-21(24)22-19-8-4-6-15-5-2-3-7-18(15)19/h2-12H,13-14H2,1H3,(H,22,24). The first-order valence-electron chi connectivity index (χ1n) is 8.12. The monoisotopic (exact) mass is 333 g/mol. The molecule has 3 rings (SSSR count). The summed E-state index contributed by atoms with van der Waals surface area (Å²) < 4.78 is 5.07. The first-order valence-corrected chi connectivity index (χ1v) is 8.12. The molecule has 0 heterocycles. The molecule has 0 aromatic heterocycles. The minimum atomic E-state index is -0.168. The van der Waals surface area contributed by atoms with Crippen LogP contribution in [-0.4, -0.2) is 18.8 Å². The molecule has 0 atom stereocenters. The summed E-state index contributed by atoms with van der Waals surface area (Å²) >= 11 is 0. The summed E-state index contributed by atoms with van der Waals surface area (Å²) in [5.74, 6) is 0.471. The number of fused-ring (bicyclic) bond motifs is 1. The smallest absolute Gasteiger partial charge is 0.224 e. The van der Waals surface area contributed by atoms with Crippen molar-refractivity contribution in [3.05, 3.63) is 72.3 Å². The number of hydrogen-bond acceptors (Lipinski definition) is 3. The Morgan fingerprint density at radius 3 is 2.36 bits per heavy atom. The van der Waals surface area contributed by atoms with Crippen LogP contribution in [0.5, 0.6) is 5.75 Å². The Bertz CT molecular complexity index is 895. The molecule has 0 fully saturated rings. The number of nitrogens with one attached hydrogen (secondary N) is 1. The average Bonchev–Trinajstić information content (AvgIpc) is 2.66. The second-order valence-electron chi connectivity index (χ2n) is 5.73. The molecule has 0 bridgehead atoms. The zero-order chi connectivity index (χ0) is 17.6. The SMILES string of the molecule is COc1ccc(C(=O)CCC(=O)Nc2cccc3ccccc23)cc1. The molecule has 0 spiro atoms. The third kappa shape index (κ3) is 4.04. The van der Waals surface area contributed by atoms with Gasteiger partial charge in [-0.3, -0.25) is 9.59 Å². The second kappa shape index (κ2) is 7.62. The van der Waals surface area contributed by atoms with Crippen LogP contribution in [0.4, 0.5) is 5.69 Å². The number of Topliss-reactive ketones (excluding diaryl/α,β-unsaturated/α-hetero) is 1. The van der Waals surface area contributed by atoms with Gasteiger partial charge in [0, 0.05) is 29.5 Å². The topological polar surface area (TPSA) is 55.4 Å². The van der Waals surface area contributed by atoms with Gasteiger partial charge >= 0.3 is 0 Å². The fraction of sp³-hybridized carbons (Fsp3) is 0.143. The quantitative estimate of drug-likeness (QED) is 0.678. The highest BCUT2D eigenvalue weighted by molar-refractivity contribution is 6.04. The molecule has 0 aliphatic rings. The van der Waals surface area contributed by atoms with Crippen LogP contribution in [0, 0.1) is 0 Å². The first-order chi connectivity index (χ1) is 12.2. The predicted molar refractivity (Wildman–Crippen MR) is 99.1 cm³/mol. The van der Waals surface area contributed by atoms with Crippen molar-refractivity contribution < 1.29 is 14.3 Å². The molecule has 1 amide bonds. The Balaban J connectivity index is 1.61. The van der Waals surface area contributed by atoms with E-state index in [1.54, 1.807) is 31.4 Å². The molecule has 0 unspecified atom stereocenters. The van der Waals surface area contributed by atoms with Crippen molar-refractivity contribution in [3.8, 4) is 5.75 Å². The van der Waals surface area contributed by atoms with Crippen molar-refractivity contribution in [2.24, 2.45) is 0 Å². The predicted octanol–water partition coefficient (Wildman–Crippen LogP) is 4.45. The fourth-order valence-electron chi connectivity index (χ4n) is 2.70. The van der Waals surface area contributed by atoms with E-state index in [9.17, 15) is 9.59 Å². The highest BCUT2D eigenvalue weighted by Crippen LogP contribution is 2.23. The van der Waals surface area contributed by atoms with E-state index in [1.807, 2.05) is 42.5 Å². The van der Waals surface area contributed by atoms with Crippen molar-refractivity contribution in [2.45, 2.75) is 12.8 Å². The van der Waals surface area contributed by atoms with Gasteiger partial charge in [0.1, 0.15) is 5.75 Å². The Morgan fingerprint density at radius 1 is 0.880 bits per heavy atom. The number of benzene rings is 3. The highest BCUT2D eigenvalue weighted by Gasteiger charge is 2.11. The number of anilines is 1. The second-order valence-corrected chi connectivity index (χ2v) is 5.73. The number of ether oxygens (including phenoxy) is 1. The van der Waals surface area contributed by atoms with Crippen LogP contribution in [0.1, 0.15) is 23.2 Å². The maximum absolute atomic E-state index is 12.2. The van der Waals surface area contributed by atoms with E-state index < -0.39 is 0 Å². The van der Waals surface area contributed by atoms with Gasteiger partial charge in [0.25, 0.3) is 0 Å². The lowest BCUT2D eigenvalue weighted by molar-refractivity contribution is -0.116. The van der Waals surface area contributed by atoms with Gasteiger partial charge in [-0.2, -0.15) is 0 Å². The summed E-state index contributed by atoms with van der Waals surface area (Å²) in [5.41, 5.74) is 1.35. The van der Waals surface area contributed by atoms with Gasteiger partial charge in [-0.05, 0) is 35.7 Å². The Labute approximate surface area is 146 Å². The van der Waals surface area contributed by atoms with E-state index >= 15 is 0 Å². The number of ketones is 1. The van der Waals surface area contributed by atoms with Crippen LogP contribution in [0.3, 0.4) is 0 Å². The summed E-state index contributed by atoms with van der Waals surface area (Å²) in [6.45, 7) is 0. The Morgan fingerprint density at radius 2 is 1.60 bits per heavy atom. The lowest BCUT2D eigenvalue weighted by Gasteiger charge is -2.08. The lowest BCUT2D eigenvalue weighted by atomic mass is 10.1. The minimum Gasteiger partial charge on any atom is -0.497 e.